The van der Waals surface area contributed by atoms with Crippen LogP contribution in [0.2, 0.25) is 6.32 Å². The number of hydrogen-bond donors (Lipinski definition) is 2. The Balaban J connectivity index is 2.34. The molecule has 1 aromatic rings. The summed E-state index contributed by atoms with van der Waals surface area (Å²) in [5, 5.41) is 19.8. The van der Waals surface area contributed by atoms with Crippen LogP contribution in [0, 0.1) is 0 Å². The summed E-state index contributed by atoms with van der Waals surface area (Å²) in [5.41, 5.74) is -1.79. The molecule has 0 aliphatic rings. The maximum Gasteiger partial charge on any atom is 0.455 e. The van der Waals surface area contributed by atoms with Crippen molar-refractivity contribution in [3.63, 3.8) is 0 Å². The van der Waals surface area contributed by atoms with E-state index in [1.165, 1.54) is 4.90 Å². The van der Waals surface area contributed by atoms with Crippen molar-refractivity contribution >= 4 is 18.9 Å². The molecule has 106 valence electrons. The van der Waals surface area contributed by atoms with Gasteiger partial charge in [0, 0.05) is 4.90 Å². The van der Waals surface area contributed by atoms with Crippen molar-refractivity contribution in [2.45, 2.75) is 50.1 Å². The molecule has 0 fully saturated rings. The van der Waals surface area contributed by atoms with Crippen molar-refractivity contribution in [2.75, 3.05) is 5.75 Å². The zero-order valence-electron chi connectivity index (χ0n) is 12.1. The molecule has 0 saturated carbocycles. The first-order chi connectivity index (χ1) is 8.72. The first-order valence-electron chi connectivity index (χ1n) is 6.48. The van der Waals surface area contributed by atoms with Crippen molar-refractivity contribution in [1.82, 2.24) is 0 Å². The Morgan fingerprint density at radius 2 is 1.74 bits per heavy atom. The van der Waals surface area contributed by atoms with Gasteiger partial charge < -0.3 is 14.8 Å². The quantitative estimate of drug-likeness (QED) is 0.596. The van der Waals surface area contributed by atoms with E-state index in [1.807, 2.05) is 30.3 Å². The smallest absolute Gasteiger partial charge is 0.427 e. The fourth-order valence-electron chi connectivity index (χ4n) is 1.34. The monoisotopic (exact) mass is 282 g/mol. The standard InChI is InChI=1S/C14H23BO3S/c1-13(2,16)14(3,4)18-15(17)10-11-19-12-8-6-5-7-9-12/h5-9,16-17H,10-11H2,1-4H3. The average Bonchev–Trinajstić information content (AvgIpc) is 2.28. The van der Waals surface area contributed by atoms with Crippen LogP contribution in [0.15, 0.2) is 35.2 Å². The lowest BCUT2D eigenvalue weighted by molar-refractivity contribution is -0.0998. The van der Waals surface area contributed by atoms with Crippen LogP contribution in [0.4, 0.5) is 0 Å². The molecule has 0 saturated heterocycles. The predicted molar refractivity (Wildman–Crippen MR) is 81.4 cm³/mol. The van der Waals surface area contributed by atoms with Crippen molar-refractivity contribution in [2.24, 2.45) is 0 Å². The number of benzene rings is 1. The molecule has 0 amide bonds. The van der Waals surface area contributed by atoms with Gasteiger partial charge in [0.25, 0.3) is 0 Å². The van der Waals surface area contributed by atoms with E-state index in [2.05, 4.69) is 0 Å². The third-order valence-electron chi connectivity index (χ3n) is 3.28. The normalized spacial score (nSPS) is 12.5. The maximum atomic E-state index is 9.96. The summed E-state index contributed by atoms with van der Waals surface area (Å²) < 4.78 is 5.53. The molecule has 1 aromatic carbocycles. The average molecular weight is 282 g/mol. The molecule has 0 aromatic heterocycles. The van der Waals surface area contributed by atoms with Gasteiger partial charge in [0.15, 0.2) is 0 Å². The lowest BCUT2D eigenvalue weighted by Gasteiger charge is -2.38. The topological polar surface area (TPSA) is 49.7 Å². The van der Waals surface area contributed by atoms with Gasteiger partial charge in [-0.15, -0.1) is 11.8 Å². The highest BCUT2D eigenvalue weighted by Gasteiger charge is 2.38. The molecule has 0 heterocycles. The summed E-state index contributed by atoms with van der Waals surface area (Å²) in [5.74, 6) is 0.771. The Hall–Kier alpha value is -0.485. The summed E-state index contributed by atoms with van der Waals surface area (Å²) in [6, 6.07) is 10.0. The second-order valence-electron chi connectivity index (χ2n) is 5.59. The van der Waals surface area contributed by atoms with Gasteiger partial charge in [-0.3, -0.25) is 0 Å². The lowest BCUT2D eigenvalue weighted by atomic mass is 9.81. The van der Waals surface area contributed by atoms with Gasteiger partial charge in [0.05, 0.1) is 11.2 Å². The van der Waals surface area contributed by atoms with Crippen LogP contribution in [0.3, 0.4) is 0 Å². The zero-order valence-corrected chi connectivity index (χ0v) is 12.9. The van der Waals surface area contributed by atoms with Crippen molar-refractivity contribution in [1.29, 1.82) is 0 Å². The number of rotatable bonds is 7. The van der Waals surface area contributed by atoms with Crippen molar-refractivity contribution in [3.8, 4) is 0 Å². The van der Waals surface area contributed by atoms with Crippen LogP contribution in [-0.4, -0.2) is 34.2 Å². The van der Waals surface area contributed by atoms with Crippen LogP contribution < -0.4 is 0 Å². The van der Waals surface area contributed by atoms with Gasteiger partial charge in [0.1, 0.15) is 0 Å². The molecule has 0 spiro atoms. The summed E-state index contributed by atoms with van der Waals surface area (Å²) in [6.07, 6.45) is 0.527. The molecule has 0 radical (unpaired) electrons. The third kappa shape index (κ3) is 5.57. The minimum atomic E-state index is -0.999. The van der Waals surface area contributed by atoms with E-state index in [0.29, 0.717) is 6.32 Å². The molecule has 0 aliphatic carbocycles. The summed E-state index contributed by atoms with van der Waals surface area (Å²) >= 11 is 1.68. The van der Waals surface area contributed by atoms with Crippen LogP contribution in [0.25, 0.3) is 0 Å². The second kappa shape index (κ2) is 6.79. The van der Waals surface area contributed by atoms with Gasteiger partial charge in [-0.2, -0.15) is 0 Å². The number of hydrogen-bond acceptors (Lipinski definition) is 4. The first-order valence-corrected chi connectivity index (χ1v) is 7.47. The van der Waals surface area contributed by atoms with Crippen molar-refractivity contribution in [3.05, 3.63) is 30.3 Å². The number of aliphatic hydroxyl groups is 1. The number of thioether (sulfide) groups is 1. The SMILES string of the molecule is CC(C)(O)C(C)(C)OB(O)CCSc1ccccc1. The maximum absolute atomic E-state index is 9.96. The molecule has 0 bridgehead atoms. The van der Waals surface area contributed by atoms with E-state index >= 15 is 0 Å². The largest absolute Gasteiger partial charge is 0.455 e. The molecule has 3 nitrogen and oxygen atoms in total. The molecule has 0 aliphatic heterocycles. The Labute approximate surface area is 120 Å². The van der Waals surface area contributed by atoms with E-state index in [-0.39, 0.29) is 0 Å². The van der Waals surface area contributed by atoms with Gasteiger partial charge in [-0.1, -0.05) is 18.2 Å². The fourth-order valence-corrected chi connectivity index (χ4v) is 2.24. The van der Waals surface area contributed by atoms with Crippen LogP contribution in [-0.2, 0) is 4.65 Å². The molecule has 5 heteroatoms. The third-order valence-corrected chi connectivity index (χ3v) is 4.33. The highest BCUT2D eigenvalue weighted by Crippen LogP contribution is 2.26. The van der Waals surface area contributed by atoms with Gasteiger partial charge >= 0.3 is 7.12 Å². The minimum Gasteiger partial charge on any atom is -0.427 e. The summed E-state index contributed by atoms with van der Waals surface area (Å²) in [6.45, 7) is 6.91. The van der Waals surface area contributed by atoms with Crippen LogP contribution >= 0.6 is 11.8 Å². The van der Waals surface area contributed by atoms with Crippen LogP contribution in [0.5, 0.6) is 0 Å². The minimum absolute atomic E-state index is 0.527. The summed E-state index contributed by atoms with van der Waals surface area (Å²) in [7, 11) is -0.863. The Bertz CT molecular complexity index is 376. The lowest BCUT2D eigenvalue weighted by Crippen LogP contribution is -2.50. The highest BCUT2D eigenvalue weighted by molar-refractivity contribution is 7.99. The van der Waals surface area contributed by atoms with Crippen molar-refractivity contribution < 1.29 is 14.8 Å². The van der Waals surface area contributed by atoms with E-state index < -0.39 is 18.3 Å². The molecule has 1 rings (SSSR count). The Kier molecular flexibility index (Phi) is 5.93. The van der Waals surface area contributed by atoms with E-state index in [9.17, 15) is 10.1 Å². The Morgan fingerprint density at radius 1 is 1.16 bits per heavy atom. The molecule has 0 unspecified atom stereocenters. The molecular weight excluding hydrogens is 259 g/mol. The summed E-state index contributed by atoms with van der Waals surface area (Å²) in [4.78, 5) is 1.18. The van der Waals surface area contributed by atoms with Crippen LogP contribution in [0.1, 0.15) is 27.7 Å². The van der Waals surface area contributed by atoms with Gasteiger partial charge in [-0.05, 0) is 51.9 Å². The van der Waals surface area contributed by atoms with Gasteiger partial charge in [-0.25, -0.2) is 0 Å². The second-order valence-corrected chi connectivity index (χ2v) is 6.76. The van der Waals surface area contributed by atoms with E-state index in [4.69, 9.17) is 4.65 Å². The molecular formula is C14H23BO3S. The van der Waals surface area contributed by atoms with Gasteiger partial charge in [0.2, 0.25) is 0 Å². The fraction of sp³-hybridized carbons (Fsp3) is 0.571. The zero-order chi connectivity index (χ0) is 14.5. The Morgan fingerprint density at radius 3 is 2.26 bits per heavy atom. The highest BCUT2D eigenvalue weighted by atomic mass is 32.2. The predicted octanol–water partition coefficient (Wildman–Crippen LogP) is 2.83. The molecule has 19 heavy (non-hydrogen) atoms. The van der Waals surface area contributed by atoms with E-state index in [0.717, 1.165) is 5.75 Å². The molecule has 2 N–H and O–H groups in total. The molecule has 0 atom stereocenters. The first kappa shape index (κ1) is 16.6. The van der Waals surface area contributed by atoms with E-state index in [1.54, 1.807) is 39.5 Å².